The zero-order valence-electron chi connectivity index (χ0n) is 14.6. The number of thioether (sulfide) groups is 1. The molecule has 0 saturated heterocycles. The molecule has 0 atom stereocenters. The molecule has 1 aliphatic carbocycles. The maximum Gasteiger partial charge on any atom is 0.258 e. The lowest BCUT2D eigenvalue weighted by molar-refractivity contribution is 0.850. The number of nitriles is 1. The van der Waals surface area contributed by atoms with Gasteiger partial charge in [-0.15, -0.1) is 0 Å². The van der Waals surface area contributed by atoms with Gasteiger partial charge in [0.05, 0.1) is 11.4 Å². The van der Waals surface area contributed by atoms with Gasteiger partial charge in [-0.3, -0.25) is 9.20 Å². The molecule has 26 heavy (non-hydrogen) atoms. The Bertz CT molecular complexity index is 1110. The quantitative estimate of drug-likeness (QED) is 0.523. The summed E-state index contributed by atoms with van der Waals surface area (Å²) in [5, 5.41) is 10.1. The van der Waals surface area contributed by atoms with Gasteiger partial charge in [0.15, 0.2) is 0 Å². The van der Waals surface area contributed by atoms with E-state index in [1.54, 1.807) is 16.7 Å². The highest BCUT2D eigenvalue weighted by Crippen LogP contribution is 2.39. The van der Waals surface area contributed by atoms with Crippen LogP contribution in [0.4, 0.5) is 0 Å². The Labute approximate surface area is 155 Å². The molecule has 0 aromatic carbocycles. The molecule has 7 heteroatoms. The minimum atomic E-state index is -0.104. The summed E-state index contributed by atoms with van der Waals surface area (Å²) in [6.07, 6.45) is 4.00. The monoisotopic (exact) mass is 363 g/mol. The van der Waals surface area contributed by atoms with Gasteiger partial charge in [-0.2, -0.15) is 5.26 Å². The van der Waals surface area contributed by atoms with Crippen molar-refractivity contribution in [2.75, 3.05) is 0 Å². The lowest BCUT2D eigenvalue weighted by atomic mass is 10.2. The van der Waals surface area contributed by atoms with Crippen LogP contribution in [0.1, 0.15) is 47.1 Å². The Balaban J connectivity index is 1.65. The molecule has 6 nitrogen and oxygen atoms in total. The average Bonchev–Trinajstić information content (AvgIpc) is 3.45. The summed E-state index contributed by atoms with van der Waals surface area (Å²) >= 11 is 1.43. The molecule has 4 rings (SSSR count). The molecule has 1 fully saturated rings. The van der Waals surface area contributed by atoms with Gasteiger partial charge in [0.2, 0.25) is 0 Å². The van der Waals surface area contributed by atoms with Gasteiger partial charge < -0.3 is 0 Å². The van der Waals surface area contributed by atoms with E-state index in [1.165, 1.54) is 11.8 Å². The number of rotatable bonds is 4. The van der Waals surface area contributed by atoms with Crippen molar-refractivity contribution in [2.45, 2.75) is 43.4 Å². The van der Waals surface area contributed by atoms with Crippen molar-refractivity contribution < 1.29 is 0 Å². The second-order valence-electron chi connectivity index (χ2n) is 6.54. The largest absolute Gasteiger partial charge is 0.269 e. The Morgan fingerprint density at radius 1 is 1.27 bits per heavy atom. The number of hydrogen-bond donors (Lipinski definition) is 0. The van der Waals surface area contributed by atoms with Gasteiger partial charge in [0.25, 0.3) is 5.56 Å². The highest BCUT2D eigenvalue weighted by atomic mass is 32.2. The second-order valence-corrected chi connectivity index (χ2v) is 7.51. The lowest BCUT2D eigenvalue weighted by Gasteiger charge is -2.08. The third-order valence-corrected chi connectivity index (χ3v) is 5.35. The summed E-state index contributed by atoms with van der Waals surface area (Å²) in [6.45, 7) is 3.78. The van der Waals surface area contributed by atoms with E-state index in [-0.39, 0.29) is 5.56 Å². The fraction of sp³-hybridized carbons (Fsp3) is 0.316. The van der Waals surface area contributed by atoms with Crippen molar-refractivity contribution in [3.63, 3.8) is 0 Å². The standard InChI is InChI=1S/C19H17N5OS/c1-11-3-6-16-22-14(7-17(25)24(16)9-11)10-26-19-15(8-20)12(2)21-18(23-19)13-4-5-13/h3,6-7,9,13H,4-5,10H2,1-2H3. The first kappa shape index (κ1) is 16.7. The molecule has 0 amide bonds. The molecule has 3 aromatic heterocycles. The first-order valence-electron chi connectivity index (χ1n) is 8.45. The van der Waals surface area contributed by atoms with E-state index in [4.69, 9.17) is 0 Å². The predicted octanol–water partition coefficient (Wildman–Crippen LogP) is 3.14. The minimum Gasteiger partial charge on any atom is -0.269 e. The Hall–Kier alpha value is -2.72. The third-order valence-electron chi connectivity index (χ3n) is 4.35. The van der Waals surface area contributed by atoms with Gasteiger partial charge >= 0.3 is 0 Å². The van der Waals surface area contributed by atoms with Crippen molar-refractivity contribution in [1.82, 2.24) is 19.4 Å². The van der Waals surface area contributed by atoms with Crippen LogP contribution in [0, 0.1) is 25.2 Å². The third kappa shape index (κ3) is 3.20. The number of fused-ring (bicyclic) bond motifs is 1. The predicted molar refractivity (Wildman–Crippen MR) is 99.2 cm³/mol. The molecule has 130 valence electrons. The summed E-state index contributed by atoms with van der Waals surface area (Å²) in [4.78, 5) is 25.9. The van der Waals surface area contributed by atoms with Crippen molar-refractivity contribution >= 4 is 17.4 Å². The lowest BCUT2D eigenvalue weighted by Crippen LogP contribution is -2.15. The van der Waals surface area contributed by atoms with Gasteiger partial charge in [-0.25, -0.2) is 15.0 Å². The van der Waals surface area contributed by atoms with Gasteiger partial charge in [0.1, 0.15) is 28.1 Å². The van der Waals surface area contributed by atoms with Crippen molar-refractivity contribution in [3.8, 4) is 6.07 Å². The molecule has 0 radical (unpaired) electrons. The Kier molecular flexibility index (Phi) is 4.21. The summed E-state index contributed by atoms with van der Waals surface area (Å²) in [5.41, 5.74) is 3.42. The fourth-order valence-corrected chi connectivity index (χ4v) is 3.73. The molecule has 1 saturated carbocycles. The van der Waals surface area contributed by atoms with Crippen molar-refractivity contribution in [1.29, 1.82) is 5.26 Å². The first-order chi connectivity index (χ1) is 12.5. The van der Waals surface area contributed by atoms with Gasteiger partial charge in [-0.05, 0) is 38.3 Å². The van der Waals surface area contributed by atoms with Gasteiger partial charge in [0, 0.05) is 23.9 Å². The molecule has 0 bridgehead atoms. The topological polar surface area (TPSA) is 83.9 Å². The van der Waals surface area contributed by atoms with E-state index in [1.807, 2.05) is 26.0 Å². The van der Waals surface area contributed by atoms with Crippen LogP contribution >= 0.6 is 11.8 Å². The van der Waals surface area contributed by atoms with Crippen LogP contribution in [0.2, 0.25) is 0 Å². The Morgan fingerprint density at radius 3 is 2.81 bits per heavy atom. The normalized spacial score (nSPS) is 13.7. The molecular formula is C19H17N5OS. The van der Waals surface area contributed by atoms with E-state index in [0.717, 1.165) is 24.2 Å². The molecule has 1 aliphatic rings. The Morgan fingerprint density at radius 2 is 2.08 bits per heavy atom. The number of aryl methyl sites for hydroxylation is 2. The van der Waals surface area contributed by atoms with Crippen LogP contribution < -0.4 is 5.56 Å². The van der Waals surface area contributed by atoms with E-state index >= 15 is 0 Å². The summed E-state index contributed by atoms with van der Waals surface area (Å²) in [6, 6.07) is 7.52. The number of pyridine rings is 1. The zero-order chi connectivity index (χ0) is 18.3. The minimum absolute atomic E-state index is 0.104. The molecular weight excluding hydrogens is 346 g/mol. The second kappa shape index (κ2) is 6.54. The number of aromatic nitrogens is 4. The molecule has 0 aliphatic heterocycles. The molecule has 3 heterocycles. The van der Waals surface area contributed by atoms with Crippen LogP contribution in [-0.4, -0.2) is 19.4 Å². The fourth-order valence-electron chi connectivity index (χ4n) is 2.80. The summed E-state index contributed by atoms with van der Waals surface area (Å²) < 4.78 is 1.55. The van der Waals surface area contributed by atoms with E-state index in [9.17, 15) is 10.1 Å². The average molecular weight is 363 g/mol. The SMILES string of the molecule is Cc1ccc2nc(CSc3nc(C4CC4)nc(C)c3C#N)cc(=O)n2c1. The van der Waals surface area contributed by atoms with Crippen LogP contribution in [0.25, 0.3) is 5.65 Å². The number of nitrogens with zero attached hydrogens (tertiary/aromatic N) is 5. The van der Waals surface area contributed by atoms with Crippen LogP contribution in [-0.2, 0) is 5.75 Å². The molecule has 0 N–H and O–H groups in total. The summed E-state index contributed by atoms with van der Waals surface area (Å²) in [5.74, 6) is 1.73. The summed E-state index contributed by atoms with van der Waals surface area (Å²) in [7, 11) is 0. The molecule has 3 aromatic rings. The first-order valence-corrected chi connectivity index (χ1v) is 9.44. The zero-order valence-corrected chi connectivity index (χ0v) is 15.4. The van der Waals surface area contributed by atoms with Crippen LogP contribution in [0.5, 0.6) is 0 Å². The van der Waals surface area contributed by atoms with Crippen molar-refractivity contribution in [2.24, 2.45) is 0 Å². The molecule has 0 unspecified atom stereocenters. The smallest absolute Gasteiger partial charge is 0.258 e. The van der Waals surface area contributed by atoms with Crippen molar-refractivity contribution in [3.05, 3.63) is 63.1 Å². The van der Waals surface area contributed by atoms with Gasteiger partial charge in [-0.1, -0.05) is 17.8 Å². The number of hydrogen-bond acceptors (Lipinski definition) is 6. The highest BCUT2D eigenvalue weighted by molar-refractivity contribution is 7.98. The maximum absolute atomic E-state index is 12.3. The van der Waals surface area contributed by atoms with E-state index < -0.39 is 0 Å². The highest BCUT2D eigenvalue weighted by Gasteiger charge is 2.28. The van der Waals surface area contributed by atoms with Crippen LogP contribution in [0.15, 0.2) is 34.2 Å². The van der Waals surface area contributed by atoms with E-state index in [2.05, 4.69) is 21.0 Å². The maximum atomic E-state index is 12.3. The van der Waals surface area contributed by atoms with E-state index in [0.29, 0.717) is 39.3 Å². The van der Waals surface area contributed by atoms with Crippen LogP contribution in [0.3, 0.4) is 0 Å². The molecule has 0 spiro atoms.